The molecule has 0 saturated heterocycles. The van der Waals surface area contributed by atoms with E-state index in [4.69, 9.17) is 11.6 Å². The van der Waals surface area contributed by atoms with Crippen molar-refractivity contribution in [3.63, 3.8) is 0 Å². The van der Waals surface area contributed by atoms with Crippen molar-refractivity contribution in [1.82, 2.24) is 14.3 Å². The average Bonchev–Trinajstić information content (AvgIpc) is 3.02. The van der Waals surface area contributed by atoms with E-state index >= 15 is 0 Å². The van der Waals surface area contributed by atoms with Gasteiger partial charge in [0.25, 0.3) is 15.9 Å². The first-order chi connectivity index (χ1) is 14.3. The Kier molecular flexibility index (Phi) is 5.80. The van der Waals surface area contributed by atoms with Crippen LogP contribution in [0.1, 0.15) is 16.1 Å². The van der Waals surface area contributed by atoms with Gasteiger partial charge in [0.15, 0.2) is 0 Å². The van der Waals surface area contributed by atoms with Crippen molar-refractivity contribution >= 4 is 27.5 Å². The fraction of sp³-hybridized carbons (Fsp3) is 0.111. The van der Waals surface area contributed by atoms with Gasteiger partial charge in [0.1, 0.15) is 28.0 Å². The van der Waals surface area contributed by atoms with Gasteiger partial charge in [-0.1, -0.05) is 23.7 Å². The number of imidazole rings is 1. The molecule has 6 nitrogen and oxygen atoms in total. The van der Waals surface area contributed by atoms with Crippen molar-refractivity contribution in [2.24, 2.45) is 7.05 Å². The van der Waals surface area contributed by atoms with Gasteiger partial charge in [0, 0.05) is 13.2 Å². The predicted octanol–water partition coefficient (Wildman–Crippen LogP) is 4.16. The summed E-state index contributed by atoms with van der Waals surface area (Å²) in [4.78, 5) is 14.8. The second-order valence-electron chi connectivity index (χ2n) is 6.21. The van der Waals surface area contributed by atoms with Crippen LogP contribution >= 0.6 is 11.6 Å². The number of hydrogen-bond donors (Lipinski definition) is 1. The molecule has 1 amide bonds. The van der Waals surface area contributed by atoms with Crippen LogP contribution in [0.25, 0.3) is 11.4 Å². The molecule has 0 aliphatic heterocycles. The Balaban J connectivity index is 2.00. The summed E-state index contributed by atoms with van der Waals surface area (Å²) < 4.78 is 95.2. The highest BCUT2D eigenvalue weighted by molar-refractivity contribution is 7.90. The molecule has 0 saturated carbocycles. The Morgan fingerprint density at radius 2 is 1.68 bits per heavy atom. The molecule has 2 aromatic carbocycles. The molecule has 0 unspecified atom stereocenters. The molecular weight excluding hydrogens is 469 g/mol. The second-order valence-corrected chi connectivity index (χ2v) is 8.23. The quantitative estimate of drug-likeness (QED) is 0.570. The topological polar surface area (TPSA) is 81.1 Å². The SMILES string of the molecule is Cn1cc(C(=O)NS(=O)(=O)c2c(Cl)cccc2C(F)(F)F)nc1-c1c(F)cccc1F. The second kappa shape index (κ2) is 7.93. The summed E-state index contributed by atoms with van der Waals surface area (Å²) in [5, 5.41) is -0.759. The highest BCUT2D eigenvalue weighted by Gasteiger charge is 2.39. The van der Waals surface area contributed by atoms with E-state index in [1.165, 1.54) is 11.8 Å². The molecule has 0 aliphatic rings. The van der Waals surface area contributed by atoms with Gasteiger partial charge in [0.05, 0.1) is 16.1 Å². The number of aromatic nitrogens is 2. The zero-order valence-corrected chi connectivity index (χ0v) is 16.9. The number of benzene rings is 2. The van der Waals surface area contributed by atoms with Crippen LogP contribution in [0, 0.1) is 11.6 Å². The zero-order valence-electron chi connectivity index (χ0n) is 15.3. The highest BCUT2D eigenvalue weighted by Crippen LogP contribution is 2.37. The number of rotatable bonds is 4. The Hall–Kier alpha value is -2.99. The summed E-state index contributed by atoms with van der Waals surface area (Å²) in [6.07, 6.45) is -4.11. The van der Waals surface area contributed by atoms with Crippen LogP contribution in [0.15, 0.2) is 47.5 Å². The molecule has 1 N–H and O–H groups in total. The fourth-order valence-electron chi connectivity index (χ4n) is 2.75. The van der Waals surface area contributed by atoms with Crippen LogP contribution < -0.4 is 4.72 Å². The first kappa shape index (κ1) is 22.7. The van der Waals surface area contributed by atoms with Crippen LogP contribution in [-0.4, -0.2) is 23.9 Å². The summed E-state index contributed by atoms with van der Waals surface area (Å²) >= 11 is 5.66. The molecule has 3 rings (SSSR count). The monoisotopic (exact) mass is 479 g/mol. The lowest BCUT2D eigenvalue weighted by Crippen LogP contribution is -2.32. The lowest BCUT2D eigenvalue weighted by Gasteiger charge is -2.14. The number of nitrogens with one attached hydrogen (secondary N) is 1. The van der Waals surface area contributed by atoms with Crippen molar-refractivity contribution in [3.8, 4) is 11.4 Å². The Bertz CT molecular complexity index is 1270. The maximum absolute atomic E-state index is 14.0. The molecule has 31 heavy (non-hydrogen) atoms. The van der Waals surface area contributed by atoms with E-state index in [-0.39, 0.29) is 5.82 Å². The van der Waals surface area contributed by atoms with Gasteiger partial charge in [0.2, 0.25) is 0 Å². The molecule has 164 valence electrons. The number of amides is 1. The number of aryl methyl sites for hydroxylation is 1. The van der Waals surface area contributed by atoms with Crippen LogP contribution in [0.3, 0.4) is 0 Å². The smallest absolute Gasteiger partial charge is 0.333 e. The third kappa shape index (κ3) is 4.39. The van der Waals surface area contributed by atoms with Crippen LogP contribution in [0.2, 0.25) is 5.02 Å². The minimum Gasteiger partial charge on any atom is -0.333 e. The maximum atomic E-state index is 14.0. The Labute approximate surface area is 177 Å². The van der Waals surface area contributed by atoms with Gasteiger partial charge in [-0.05, 0) is 24.3 Å². The van der Waals surface area contributed by atoms with E-state index in [2.05, 4.69) is 4.98 Å². The van der Waals surface area contributed by atoms with Gasteiger partial charge in [-0.15, -0.1) is 0 Å². The van der Waals surface area contributed by atoms with E-state index in [0.717, 1.165) is 41.1 Å². The molecular formula is C18H11ClF5N3O3S. The highest BCUT2D eigenvalue weighted by atomic mass is 35.5. The van der Waals surface area contributed by atoms with Crippen molar-refractivity contribution in [2.75, 3.05) is 0 Å². The van der Waals surface area contributed by atoms with Gasteiger partial charge < -0.3 is 4.57 Å². The first-order valence-corrected chi connectivity index (χ1v) is 10.1. The van der Waals surface area contributed by atoms with Crippen molar-refractivity contribution in [3.05, 3.63) is 70.5 Å². The van der Waals surface area contributed by atoms with Gasteiger partial charge in [-0.2, -0.15) is 13.2 Å². The molecule has 1 aromatic heterocycles. The Morgan fingerprint density at radius 3 is 2.26 bits per heavy atom. The normalized spacial score (nSPS) is 12.1. The van der Waals surface area contributed by atoms with Crippen molar-refractivity contribution < 1.29 is 35.2 Å². The molecule has 0 radical (unpaired) electrons. The fourth-order valence-corrected chi connectivity index (χ4v) is 4.48. The van der Waals surface area contributed by atoms with E-state index in [1.807, 2.05) is 0 Å². The third-order valence-electron chi connectivity index (χ3n) is 4.06. The van der Waals surface area contributed by atoms with E-state index < -0.39 is 60.5 Å². The molecule has 0 bridgehead atoms. The number of hydrogen-bond acceptors (Lipinski definition) is 4. The van der Waals surface area contributed by atoms with Gasteiger partial charge >= 0.3 is 6.18 Å². The number of nitrogens with zero attached hydrogens (tertiary/aromatic N) is 2. The van der Waals surface area contributed by atoms with Crippen LogP contribution in [0.5, 0.6) is 0 Å². The van der Waals surface area contributed by atoms with Crippen molar-refractivity contribution in [2.45, 2.75) is 11.1 Å². The van der Waals surface area contributed by atoms with Gasteiger partial charge in [-0.25, -0.2) is 26.9 Å². The number of carbonyl (C=O) groups is 1. The van der Waals surface area contributed by atoms with Crippen molar-refractivity contribution in [1.29, 1.82) is 0 Å². The lowest BCUT2D eigenvalue weighted by atomic mass is 10.2. The summed E-state index contributed by atoms with van der Waals surface area (Å²) in [6.45, 7) is 0. The third-order valence-corrected chi connectivity index (χ3v) is 5.92. The molecule has 0 atom stereocenters. The molecule has 0 fully saturated rings. The summed E-state index contributed by atoms with van der Waals surface area (Å²) in [5.74, 6) is -3.74. The number of alkyl halides is 3. The van der Waals surface area contributed by atoms with Crippen LogP contribution in [0.4, 0.5) is 22.0 Å². The van der Waals surface area contributed by atoms with E-state index in [1.54, 1.807) is 0 Å². The maximum Gasteiger partial charge on any atom is 0.417 e. The van der Waals surface area contributed by atoms with E-state index in [0.29, 0.717) is 6.07 Å². The first-order valence-electron chi connectivity index (χ1n) is 8.23. The summed E-state index contributed by atoms with van der Waals surface area (Å²) in [5.41, 5.74) is -2.75. The Morgan fingerprint density at radius 1 is 1.10 bits per heavy atom. The molecule has 1 heterocycles. The predicted molar refractivity (Wildman–Crippen MR) is 99.7 cm³/mol. The average molecular weight is 480 g/mol. The number of sulfonamides is 1. The standard InChI is InChI=1S/C18H11ClF5N3O3S/c1-27-8-13(25-16(27)14-11(20)6-3-7-12(14)21)17(28)26-31(29,30)15-9(18(22,23)24)4-2-5-10(15)19/h2-8H,1H3,(H,26,28). The summed E-state index contributed by atoms with van der Waals surface area (Å²) in [6, 6.07) is 5.32. The van der Waals surface area contributed by atoms with E-state index in [9.17, 15) is 35.2 Å². The number of halogens is 6. The number of carbonyl (C=O) groups excluding carboxylic acids is 1. The zero-order chi connectivity index (χ0) is 23.1. The van der Waals surface area contributed by atoms with Gasteiger partial charge in [-0.3, -0.25) is 4.79 Å². The molecule has 3 aromatic rings. The molecule has 0 spiro atoms. The summed E-state index contributed by atoms with van der Waals surface area (Å²) in [7, 11) is -3.80. The largest absolute Gasteiger partial charge is 0.417 e. The molecule has 0 aliphatic carbocycles. The molecule has 13 heteroatoms. The lowest BCUT2D eigenvalue weighted by molar-refractivity contribution is -0.139. The minimum atomic E-state index is -5.09. The van der Waals surface area contributed by atoms with Crippen LogP contribution in [-0.2, 0) is 23.2 Å². The minimum absolute atomic E-state index is 0.341.